The molecule has 32 heavy (non-hydrogen) atoms. The number of hydrogen-bond donors (Lipinski definition) is 1. The number of rotatable bonds is 11. The van der Waals surface area contributed by atoms with Crippen molar-refractivity contribution in [3.8, 4) is 0 Å². The Morgan fingerprint density at radius 3 is 2.75 bits per heavy atom. The molecule has 0 saturated carbocycles. The van der Waals surface area contributed by atoms with Crippen molar-refractivity contribution in [3.63, 3.8) is 0 Å². The van der Waals surface area contributed by atoms with E-state index >= 15 is 0 Å². The highest BCUT2D eigenvalue weighted by Crippen LogP contribution is 2.40. The van der Waals surface area contributed by atoms with Gasteiger partial charge in [-0.1, -0.05) is 61.9 Å². The number of nitrogens with zero attached hydrogens (tertiary/aromatic N) is 3. The molecule has 0 radical (unpaired) electrons. The molecule has 1 N–H and O–H groups in total. The fourth-order valence-electron chi connectivity index (χ4n) is 3.40. The van der Waals surface area contributed by atoms with Crippen molar-refractivity contribution in [2.45, 2.75) is 57.5 Å². The Morgan fingerprint density at radius 2 is 2.09 bits per heavy atom. The SMILES string of the molecule is CCCCCCCOCC1COC(Cn2ccnc2)(c2ccc(Cl)cc2Cl)O1.O=[N+]([O-])O. The Balaban J connectivity index is 0.000000837. The summed E-state index contributed by atoms with van der Waals surface area (Å²) in [6.07, 6.45) is 11.3. The lowest BCUT2D eigenvalue weighted by molar-refractivity contribution is -0.742. The van der Waals surface area contributed by atoms with Crippen molar-refractivity contribution in [1.82, 2.24) is 9.55 Å². The second kappa shape index (κ2) is 13.6. The monoisotopic (exact) mass is 489 g/mol. The third-order valence-electron chi connectivity index (χ3n) is 4.85. The summed E-state index contributed by atoms with van der Waals surface area (Å²) >= 11 is 12.5. The highest BCUT2D eigenvalue weighted by Gasteiger charge is 2.45. The minimum Gasteiger partial charge on any atom is -0.379 e. The molecule has 1 saturated heterocycles. The first kappa shape index (κ1) is 26.3. The molecule has 11 heteroatoms. The Labute approximate surface area is 197 Å². The van der Waals surface area contributed by atoms with Gasteiger partial charge in [-0.2, -0.15) is 0 Å². The van der Waals surface area contributed by atoms with Crippen LogP contribution in [0, 0.1) is 10.1 Å². The van der Waals surface area contributed by atoms with Crippen LogP contribution in [0.1, 0.15) is 44.6 Å². The molecular weight excluding hydrogens is 461 g/mol. The first-order valence-corrected chi connectivity index (χ1v) is 11.3. The van der Waals surface area contributed by atoms with E-state index < -0.39 is 10.9 Å². The molecule has 9 nitrogen and oxygen atoms in total. The Hall–Kier alpha value is -1.91. The largest absolute Gasteiger partial charge is 0.379 e. The number of imidazole rings is 1. The maximum Gasteiger partial charge on any atom is 0.291 e. The van der Waals surface area contributed by atoms with E-state index in [9.17, 15) is 0 Å². The highest BCUT2D eigenvalue weighted by atomic mass is 35.5. The normalized spacial score (nSPS) is 20.0. The molecule has 0 amide bonds. The van der Waals surface area contributed by atoms with E-state index in [0.717, 1.165) is 18.6 Å². The number of aromatic nitrogens is 2. The summed E-state index contributed by atoms with van der Waals surface area (Å²) in [5.41, 5.74) is 0.759. The summed E-state index contributed by atoms with van der Waals surface area (Å²) in [7, 11) is 0. The zero-order chi connectivity index (χ0) is 23.4. The molecule has 2 aromatic rings. The fraction of sp³-hybridized carbons (Fsp3) is 0.571. The third kappa shape index (κ3) is 8.55. The van der Waals surface area contributed by atoms with Gasteiger partial charge in [0.05, 0.1) is 31.1 Å². The zero-order valence-corrected chi connectivity index (χ0v) is 19.5. The molecule has 0 aliphatic carbocycles. The van der Waals surface area contributed by atoms with E-state index in [1.807, 2.05) is 16.8 Å². The molecule has 1 aliphatic heterocycles. The molecule has 1 aromatic heterocycles. The van der Waals surface area contributed by atoms with Crippen molar-refractivity contribution in [3.05, 3.63) is 62.6 Å². The van der Waals surface area contributed by atoms with Gasteiger partial charge in [0.2, 0.25) is 5.79 Å². The number of ether oxygens (including phenoxy) is 3. The Bertz CT molecular complexity index is 820. The van der Waals surface area contributed by atoms with E-state index in [1.54, 1.807) is 24.7 Å². The van der Waals surface area contributed by atoms with Gasteiger partial charge in [0.1, 0.15) is 6.10 Å². The quantitative estimate of drug-likeness (QED) is 0.265. The molecule has 2 unspecified atom stereocenters. The lowest BCUT2D eigenvalue weighted by Gasteiger charge is -2.30. The highest BCUT2D eigenvalue weighted by molar-refractivity contribution is 6.35. The Kier molecular flexibility index (Phi) is 11.2. The average Bonchev–Trinajstić information content (AvgIpc) is 3.38. The van der Waals surface area contributed by atoms with E-state index in [0.29, 0.717) is 29.8 Å². The first-order chi connectivity index (χ1) is 15.4. The van der Waals surface area contributed by atoms with Crippen LogP contribution in [0.4, 0.5) is 0 Å². The lowest BCUT2D eigenvalue weighted by atomic mass is 10.1. The summed E-state index contributed by atoms with van der Waals surface area (Å²) in [5, 5.41) is 14.7. The maximum atomic E-state index is 8.36. The number of unbranched alkanes of at least 4 members (excludes halogenated alkanes) is 4. The van der Waals surface area contributed by atoms with Gasteiger partial charge in [-0.25, -0.2) is 4.98 Å². The molecule has 178 valence electrons. The fourth-order valence-corrected chi connectivity index (χ4v) is 3.95. The van der Waals surface area contributed by atoms with Crippen LogP contribution in [0.15, 0.2) is 36.9 Å². The molecule has 1 fully saturated rings. The van der Waals surface area contributed by atoms with E-state index in [-0.39, 0.29) is 6.10 Å². The van der Waals surface area contributed by atoms with Crippen LogP contribution < -0.4 is 0 Å². The minimum atomic E-state index is -1.50. The molecule has 1 aromatic carbocycles. The van der Waals surface area contributed by atoms with Crippen LogP contribution >= 0.6 is 23.2 Å². The van der Waals surface area contributed by atoms with Gasteiger partial charge in [-0.05, 0) is 18.6 Å². The lowest BCUT2D eigenvalue weighted by Crippen LogP contribution is -2.34. The first-order valence-electron chi connectivity index (χ1n) is 10.5. The van der Waals surface area contributed by atoms with Gasteiger partial charge in [-0.3, -0.25) is 0 Å². The number of benzene rings is 1. The van der Waals surface area contributed by atoms with Crippen molar-refractivity contribution >= 4 is 23.2 Å². The summed E-state index contributed by atoms with van der Waals surface area (Å²) in [5.74, 6) is -0.989. The minimum absolute atomic E-state index is 0.147. The third-order valence-corrected chi connectivity index (χ3v) is 5.39. The standard InChI is InChI=1S/C21H28Cl2N2O3.HNO3/c1-2-3-4-5-6-11-26-13-18-14-27-21(28-18,15-25-10-9-24-16-25)19-8-7-17(22)12-20(19)23;2-1(3)4/h7-10,12,16,18H,2-6,11,13-15H2,1H3;(H,2,3,4). The van der Waals surface area contributed by atoms with Crippen LogP contribution in [0.5, 0.6) is 0 Å². The van der Waals surface area contributed by atoms with Crippen LogP contribution in [-0.4, -0.2) is 45.8 Å². The zero-order valence-electron chi connectivity index (χ0n) is 18.0. The second-order valence-electron chi connectivity index (χ2n) is 7.39. The average molecular weight is 490 g/mol. The topological polar surface area (TPSA) is 109 Å². The van der Waals surface area contributed by atoms with Crippen LogP contribution in [-0.2, 0) is 26.5 Å². The van der Waals surface area contributed by atoms with E-state index in [4.69, 9.17) is 52.7 Å². The van der Waals surface area contributed by atoms with E-state index in [1.165, 1.54) is 25.7 Å². The summed E-state index contributed by atoms with van der Waals surface area (Å²) in [4.78, 5) is 12.5. The van der Waals surface area contributed by atoms with Gasteiger partial charge in [0, 0.05) is 29.6 Å². The second-order valence-corrected chi connectivity index (χ2v) is 8.23. The molecule has 0 spiro atoms. The van der Waals surface area contributed by atoms with Gasteiger partial charge in [0.25, 0.3) is 5.09 Å². The van der Waals surface area contributed by atoms with Crippen LogP contribution in [0.3, 0.4) is 0 Å². The van der Waals surface area contributed by atoms with Gasteiger partial charge in [-0.15, -0.1) is 10.1 Å². The van der Waals surface area contributed by atoms with Gasteiger partial charge in [0.15, 0.2) is 0 Å². The van der Waals surface area contributed by atoms with Crippen LogP contribution in [0.2, 0.25) is 10.0 Å². The molecule has 3 rings (SSSR count). The van der Waals surface area contributed by atoms with Gasteiger partial charge >= 0.3 is 0 Å². The Morgan fingerprint density at radius 1 is 1.34 bits per heavy atom. The summed E-state index contributed by atoms with van der Waals surface area (Å²) in [6, 6.07) is 5.37. The predicted octanol–water partition coefficient (Wildman–Crippen LogP) is 5.10. The number of halogens is 2. The summed E-state index contributed by atoms with van der Waals surface area (Å²) < 4.78 is 20.3. The van der Waals surface area contributed by atoms with Crippen molar-refractivity contribution in [2.24, 2.45) is 0 Å². The smallest absolute Gasteiger partial charge is 0.291 e. The number of hydrogen-bond acceptors (Lipinski definition) is 6. The predicted molar refractivity (Wildman–Crippen MR) is 120 cm³/mol. The summed E-state index contributed by atoms with van der Waals surface area (Å²) in [6.45, 7) is 4.37. The van der Waals surface area contributed by atoms with Crippen molar-refractivity contribution < 1.29 is 24.5 Å². The van der Waals surface area contributed by atoms with E-state index in [2.05, 4.69) is 11.9 Å². The molecular formula is C21H29Cl2N3O6. The van der Waals surface area contributed by atoms with Crippen molar-refractivity contribution in [2.75, 3.05) is 19.8 Å². The van der Waals surface area contributed by atoms with Crippen molar-refractivity contribution in [1.29, 1.82) is 0 Å². The maximum absolute atomic E-state index is 8.36. The molecule has 1 aliphatic rings. The molecule has 2 heterocycles. The van der Waals surface area contributed by atoms with Crippen LogP contribution in [0.25, 0.3) is 0 Å². The van der Waals surface area contributed by atoms with Gasteiger partial charge < -0.3 is 24.0 Å². The molecule has 0 bridgehead atoms. The molecule has 2 atom stereocenters.